The summed E-state index contributed by atoms with van der Waals surface area (Å²) in [5.74, 6) is 3.59. The van der Waals surface area contributed by atoms with Crippen LogP contribution in [0.25, 0.3) is 0 Å². The van der Waals surface area contributed by atoms with Crippen molar-refractivity contribution in [2.45, 2.75) is 59.8 Å². The minimum atomic E-state index is 0.615. The second kappa shape index (κ2) is 4.20. The fourth-order valence-electron chi connectivity index (χ4n) is 4.40. The van der Waals surface area contributed by atoms with Crippen LogP contribution in [0.3, 0.4) is 0 Å². The number of fused-ring (bicyclic) bond motifs is 1. The average Bonchev–Trinajstić information content (AvgIpc) is 2.25. The Hall–Kier alpha value is -0.260. The van der Waals surface area contributed by atoms with Crippen LogP contribution < -0.4 is 0 Å². The standard InChI is InChI=1S/C16H28/c1-11(2)12(3)13(4)16(5)10-14-8-6-7-9-15(14)16/h12-15H,1,6-10H2,2-5H3. The predicted octanol–water partition coefficient (Wildman–Crippen LogP) is 5.05. The van der Waals surface area contributed by atoms with E-state index in [0.29, 0.717) is 11.3 Å². The molecule has 0 heteroatoms. The predicted molar refractivity (Wildman–Crippen MR) is 71.3 cm³/mol. The lowest BCUT2D eigenvalue weighted by Crippen LogP contribution is -2.52. The molecule has 0 amide bonds. The van der Waals surface area contributed by atoms with Gasteiger partial charge in [0.15, 0.2) is 0 Å². The van der Waals surface area contributed by atoms with Gasteiger partial charge in [-0.1, -0.05) is 52.2 Å². The summed E-state index contributed by atoms with van der Waals surface area (Å²) in [6.07, 6.45) is 7.45. The number of hydrogen-bond acceptors (Lipinski definition) is 0. The van der Waals surface area contributed by atoms with Crippen molar-refractivity contribution in [2.75, 3.05) is 0 Å². The number of hydrogen-bond donors (Lipinski definition) is 0. The normalized spacial score (nSPS) is 41.8. The molecule has 5 unspecified atom stereocenters. The topological polar surface area (TPSA) is 0 Å². The molecular weight excluding hydrogens is 192 g/mol. The molecule has 16 heavy (non-hydrogen) atoms. The van der Waals surface area contributed by atoms with Crippen molar-refractivity contribution in [3.05, 3.63) is 12.2 Å². The Kier molecular flexibility index (Phi) is 3.20. The van der Waals surface area contributed by atoms with Crippen LogP contribution in [-0.2, 0) is 0 Å². The molecule has 0 aromatic rings. The van der Waals surface area contributed by atoms with Crippen LogP contribution in [-0.4, -0.2) is 0 Å². The van der Waals surface area contributed by atoms with Crippen LogP contribution in [0.2, 0.25) is 0 Å². The van der Waals surface area contributed by atoms with Crippen LogP contribution in [0, 0.1) is 29.1 Å². The minimum Gasteiger partial charge on any atom is -0.0999 e. The van der Waals surface area contributed by atoms with Crippen molar-refractivity contribution in [1.82, 2.24) is 0 Å². The second-order valence-electron chi connectivity index (χ2n) is 6.78. The van der Waals surface area contributed by atoms with Gasteiger partial charge in [-0.3, -0.25) is 0 Å². The monoisotopic (exact) mass is 220 g/mol. The molecule has 0 N–H and O–H groups in total. The highest BCUT2D eigenvalue weighted by Crippen LogP contribution is 2.62. The lowest BCUT2D eigenvalue weighted by Gasteiger charge is -2.60. The van der Waals surface area contributed by atoms with Crippen molar-refractivity contribution in [1.29, 1.82) is 0 Å². The molecule has 0 spiro atoms. The van der Waals surface area contributed by atoms with E-state index in [1.165, 1.54) is 37.7 Å². The first-order valence-electron chi connectivity index (χ1n) is 7.12. The molecule has 2 aliphatic carbocycles. The molecule has 0 heterocycles. The van der Waals surface area contributed by atoms with E-state index in [2.05, 4.69) is 34.3 Å². The van der Waals surface area contributed by atoms with Crippen molar-refractivity contribution in [3.63, 3.8) is 0 Å². The zero-order valence-corrected chi connectivity index (χ0v) is 11.6. The molecular formula is C16H28. The third-order valence-electron chi connectivity index (χ3n) is 6.03. The second-order valence-corrected chi connectivity index (χ2v) is 6.78. The van der Waals surface area contributed by atoms with E-state index in [-0.39, 0.29) is 0 Å². The molecule has 0 radical (unpaired) electrons. The molecule has 92 valence electrons. The third-order valence-corrected chi connectivity index (χ3v) is 6.03. The van der Waals surface area contributed by atoms with Gasteiger partial charge in [-0.2, -0.15) is 0 Å². The van der Waals surface area contributed by atoms with E-state index >= 15 is 0 Å². The van der Waals surface area contributed by atoms with Crippen LogP contribution in [0.15, 0.2) is 12.2 Å². The van der Waals surface area contributed by atoms with E-state index < -0.39 is 0 Å². The van der Waals surface area contributed by atoms with Gasteiger partial charge in [0, 0.05) is 0 Å². The first kappa shape index (κ1) is 12.2. The molecule has 0 aromatic carbocycles. The summed E-state index contributed by atoms with van der Waals surface area (Å²) >= 11 is 0. The van der Waals surface area contributed by atoms with Crippen molar-refractivity contribution < 1.29 is 0 Å². The molecule has 0 nitrogen and oxygen atoms in total. The molecule has 5 atom stereocenters. The van der Waals surface area contributed by atoms with Crippen LogP contribution in [0.1, 0.15) is 59.8 Å². The molecule has 0 aliphatic heterocycles. The quantitative estimate of drug-likeness (QED) is 0.584. The Morgan fingerprint density at radius 3 is 2.44 bits per heavy atom. The summed E-state index contributed by atoms with van der Waals surface area (Å²) in [5.41, 5.74) is 1.98. The summed E-state index contributed by atoms with van der Waals surface area (Å²) in [6, 6.07) is 0. The molecule has 2 aliphatic rings. The molecule has 2 fully saturated rings. The first-order valence-corrected chi connectivity index (χ1v) is 7.12. The maximum Gasteiger partial charge on any atom is -0.0206 e. The maximum absolute atomic E-state index is 4.15. The van der Waals surface area contributed by atoms with Gasteiger partial charge in [0.1, 0.15) is 0 Å². The molecule has 2 rings (SSSR count). The van der Waals surface area contributed by atoms with Crippen molar-refractivity contribution in [3.8, 4) is 0 Å². The van der Waals surface area contributed by atoms with E-state index in [1.807, 2.05) is 0 Å². The minimum absolute atomic E-state index is 0.615. The van der Waals surface area contributed by atoms with Gasteiger partial charge >= 0.3 is 0 Å². The Bertz CT molecular complexity index is 278. The van der Waals surface area contributed by atoms with Crippen LogP contribution in [0.4, 0.5) is 0 Å². The highest BCUT2D eigenvalue weighted by Gasteiger charge is 2.54. The lowest BCUT2D eigenvalue weighted by atomic mass is 9.45. The smallest absolute Gasteiger partial charge is 0.0206 e. The Labute approximate surface area is 102 Å². The van der Waals surface area contributed by atoms with Crippen molar-refractivity contribution >= 4 is 0 Å². The Morgan fingerprint density at radius 1 is 1.25 bits per heavy atom. The highest BCUT2D eigenvalue weighted by molar-refractivity contribution is 5.07. The summed E-state index contributed by atoms with van der Waals surface area (Å²) in [7, 11) is 0. The summed E-state index contributed by atoms with van der Waals surface area (Å²) < 4.78 is 0. The fourth-order valence-corrected chi connectivity index (χ4v) is 4.40. The lowest BCUT2D eigenvalue weighted by molar-refractivity contribution is -0.104. The van der Waals surface area contributed by atoms with Gasteiger partial charge in [0.2, 0.25) is 0 Å². The summed E-state index contributed by atoms with van der Waals surface area (Å²) in [4.78, 5) is 0. The summed E-state index contributed by atoms with van der Waals surface area (Å²) in [6.45, 7) is 13.7. The van der Waals surface area contributed by atoms with Gasteiger partial charge in [-0.05, 0) is 48.9 Å². The molecule has 0 saturated heterocycles. The first-order chi connectivity index (χ1) is 7.47. The van der Waals surface area contributed by atoms with E-state index in [9.17, 15) is 0 Å². The van der Waals surface area contributed by atoms with Gasteiger partial charge in [0.25, 0.3) is 0 Å². The van der Waals surface area contributed by atoms with Gasteiger partial charge in [-0.25, -0.2) is 0 Å². The zero-order chi connectivity index (χ0) is 11.9. The molecule has 0 aromatic heterocycles. The SMILES string of the molecule is C=C(C)C(C)C(C)C1(C)CC2CCCCC21. The number of rotatable bonds is 3. The van der Waals surface area contributed by atoms with Crippen LogP contribution in [0.5, 0.6) is 0 Å². The van der Waals surface area contributed by atoms with Crippen molar-refractivity contribution in [2.24, 2.45) is 29.1 Å². The van der Waals surface area contributed by atoms with Gasteiger partial charge in [0.05, 0.1) is 0 Å². The van der Waals surface area contributed by atoms with Gasteiger partial charge in [-0.15, -0.1) is 0 Å². The largest absolute Gasteiger partial charge is 0.0999 e. The maximum atomic E-state index is 4.15. The number of allylic oxidation sites excluding steroid dienone is 1. The van der Waals surface area contributed by atoms with E-state index in [1.54, 1.807) is 0 Å². The van der Waals surface area contributed by atoms with E-state index in [0.717, 1.165) is 17.8 Å². The third kappa shape index (κ3) is 1.75. The highest BCUT2D eigenvalue weighted by atomic mass is 14.6. The zero-order valence-electron chi connectivity index (χ0n) is 11.6. The van der Waals surface area contributed by atoms with Gasteiger partial charge < -0.3 is 0 Å². The molecule has 2 saturated carbocycles. The summed E-state index contributed by atoms with van der Waals surface area (Å²) in [5, 5.41) is 0. The Balaban J connectivity index is 2.06. The average molecular weight is 220 g/mol. The fraction of sp³-hybridized carbons (Fsp3) is 0.875. The van der Waals surface area contributed by atoms with E-state index in [4.69, 9.17) is 0 Å². The van der Waals surface area contributed by atoms with Crippen LogP contribution >= 0.6 is 0 Å². The Morgan fingerprint density at radius 2 is 1.88 bits per heavy atom. The molecule has 0 bridgehead atoms.